The van der Waals surface area contributed by atoms with Crippen molar-refractivity contribution in [1.82, 2.24) is 4.98 Å². The van der Waals surface area contributed by atoms with Gasteiger partial charge in [0.15, 0.2) is 11.6 Å². The molecule has 0 saturated carbocycles. The lowest BCUT2D eigenvalue weighted by atomic mass is 9.94. The number of nitrogens with zero attached hydrogens (tertiary/aromatic N) is 2. The number of methoxy groups -OCH3 is 1. The minimum Gasteiger partial charge on any atom is -0.493 e. The summed E-state index contributed by atoms with van der Waals surface area (Å²) in [5.74, 6) is 3.31. The topological polar surface area (TPSA) is 25.4 Å². The summed E-state index contributed by atoms with van der Waals surface area (Å²) < 4.78 is 5.54. The lowest BCUT2D eigenvalue weighted by Gasteiger charge is -2.33. The van der Waals surface area contributed by atoms with Gasteiger partial charge in [0.2, 0.25) is 0 Å². The second-order valence-electron chi connectivity index (χ2n) is 5.79. The molecule has 0 bridgehead atoms. The van der Waals surface area contributed by atoms with E-state index in [1.54, 1.807) is 7.11 Å². The minimum absolute atomic E-state index is 0.487. The van der Waals surface area contributed by atoms with Gasteiger partial charge in [-0.25, -0.2) is 4.98 Å². The zero-order chi connectivity index (χ0) is 13.8. The van der Waals surface area contributed by atoms with Gasteiger partial charge in [-0.15, -0.1) is 0 Å². The first kappa shape index (κ1) is 14.2. The predicted octanol–water partition coefficient (Wildman–Crippen LogP) is 3.84. The maximum Gasteiger partial charge on any atom is 0.171 e. The van der Waals surface area contributed by atoms with Gasteiger partial charge < -0.3 is 9.64 Å². The zero-order valence-corrected chi connectivity index (χ0v) is 12.6. The van der Waals surface area contributed by atoms with E-state index in [1.807, 2.05) is 6.20 Å². The van der Waals surface area contributed by atoms with Crippen molar-refractivity contribution in [3.05, 3.63) is 17.8 Å². The van der Waals surface area contributed by atoms with Crippen LogP contribution in [-0.2, 0) is 0 Å². The third kappa shape index (κ3) is 3.20. The van der Waals surface area contributed by atoms with E-state index in [1.165, 1.54) is 24.8 Å². The Labute approximate surface area is 117 Å². The van der Waals surface area contributed by atoms with Crippen LogP contribution in [0.3, 0.4) is 0 Å². The number of ether oxygens (including phenoxy) is 1. The molecule has 0 atom stereocenters. The van der Waals surface area contributed by atoms with Crippen molar-refractivity contribution < 1.29 is 4.74 Å². The number of hydrogen-bond donors (Lipinski definition) is 0. The summed E-state index contributed by atoms with van der Waals surface area (Å²) in [7, 11) is 1.74. The van der Waals surface area contributed by atoms with Gasteiger partial charge in [0.25, 0.3) is 0 Å². The van der Waals surface area contributed by atoms with Gasteiger partial charge in [0, 0.05) is 19.3 Å². The highest BCUT2D eigenvalue weighted by Crippen LogP contribution is 2.32. The van der Waals surface area contributed by atoms with Gasteiger partial charge in [-0.1, -0.05) is 27.2 Å². The number of pyridine rings is 1. The smallest absolute Gasteiger partial charge is 0.171 e. The average Bonchev–Trinajstić information content (AvgIpc) is 2.46. The van der Waals surface area contributed by atoms with Crippen LogP contribution in [0, 0.1) is 5.92 Å². The summed E-state index contributed by atoms with van der Waals surface area (Å²) in [5.41, 5.74) is 1.24. The van der Waals surface area contributed by atoms with Gasteiger partial charge in [0.1, 0.15) is 0 Å². The molecule has 1 aromatic rings. The van der Waals surface area contributed by atoms with Crippen molar-refractivity contribution in [2.45, 2.75) is 46.0 Å². The van der Waals surface area contributed by atoms with Crippen LogP contribution in [-0.4, -0.2) is 25.2 Å². The SMILES string of the molecule is CCC1CCN(c2ncc(C(C)C)cc2OC)CC1. The summed E-state index contributed by atoms with van der Waals surface area (Å²) in [6.07, 6.45) is 5.83. The molecule has 0 spiro atoms. The van der Waals surface area contributed by atoms with E-state index in [0.717, 1.165) is 30.6 Å². The molecule has 19 heavy (non-hydrogen) atoms. The van der Waals surface area contributed by atoms with Crippen LogP contribution in [0.5, 0.6) is 5.75 Å². The van der Waals surface area contributed by atoms with Crippen molar-refractivity contribution in [3.8, 4) is 5.75 Å². The van der Waals surface area contributed by atoms with Gasteiger partial charge in [0.05, 0.1) is 7.11 Å². The summed E-state index contributed by atoms with van der Waals surface area (Å²) in [6, 6.07) is 2.14. The molecular formula is C16H26N2O. The second-order valence-corrected chi connectivity index (χ2v) is 5.79. The van der Waals surface area contributed by atoms with Gasteiger partial charge in [-0.2, -0.15) is 0 Å². The van der Waals surface area contributed by atoms with E-state index in [4.69, 9.17) is 4.74 Å². The molecule has 1 fully saturated rings. The molecule has 1 saturated heterocycles. The molecule has 106 valence electrons. The molecule has 3 heteroatoms. The third-order valence-electron chi connectivity index (χ3n) is 4.23. The summed E-state index contributed by atoms with van der Waals surface area (Å²) in [6.45, 7) is 8.86. The predicted molar refractivity (Wildman–Crippen MR) is 80.1 cm³/mol. The largest absolute Gasteiger partial charge is 0.493 e. The molecule has 0 N–H and O–H groups in total. The highest BCUT2D eigenvalue weighted by molar-refractivity contribution is 5.54. The normalized spacial score (nSPS) is 17.0. The van der Waals surface area contributed by atoms with Gasteiger partial charge in [-0.3, -0.25) is 0 Å². The minimum atomic E-state index is 0.487. The molecule has 0 amide bonds. The lowest BCUT2D eigenvalue weighted by Crippen LogP contribution is -2.34. The van der Waals surface area contributed by atoms with Crippen molar-refractivity contribution in [1.29, 1.82) is 0 Å². The van der Waals surface area contributed by atoms with Crippen molar-refractivity contribution in [2.24, 2.45) is 5.92 Å². The van der Waals surface area contributed by atoms with E-state index >= 15 is 0 Å². The van der Waals surface area contributed by atoms with Crippen LogP contribution in [0.25, 0.3) is 0 Å². The Bertz CT molecular complexity index is 409. The molecule has 0 aliphatic carbocycles. The third-order valence-corrected chi connectivity index (χ3v) is 4.23. The number of rotatable bonds is 4. The molecule has 1 aliphatic rings. The van der Waals surface area contributed by atoms with Crippen LogP contribution >= 0.6 is 0 Å². The Kier molecular flexibility index (Phi) is 4.67. The van der Waals surface area contributed by atoms with Crippen LogP contribution in [0.15, 0.2) is 12.3 Å². The van der Waals surface area contributed by atoms with E-state index < -0.39 is 0 Å². The summed E-state index contributed by atoms with van der Waals surface area (Å²) in [4.78, 5) is 7.02. The fraction of sp³-hybridized carbons (Fsp3) is 0.688. The highest BCUT2D eigenvalue weighted by atomic mass is 16.5. The van der Waals surface area contributed by atoms with E-state index in [0.29, 0.717) is 5.92 Å². The quantitative estimate of drug-likeness (QED) is 0.824. The molecule has 0 radical (unpaired) electrons. The van der Waals surface area contributed by atoms with E-state index in [2.05, 4.69) is 36.7 Å². The van der Waals surface area contributed by atoms with Gasteiger partial charge >= 0.3 is 0 Å². The van der Waals surface area contributed by atoms with Crippen LogP contribution in [0.4, 0.5) is 5.82 Å². The highest BCUT2D eigenvalue weighted by Gasteiger charge is 2.21. The second kappa shape index (κ2) is 6.27. The molecule has 1 aromatic heterocycles. The first-order valence-corrected chi connectivity index (χ1v) is 7.44. The van der Waals surface area contributed by atoms with Crippen molar-refractivity contribution in [2.75, 3.05) is 25.1 Å². The van der Waals surface area contributed by atoms with Crippen LogP contribution < -0.4 is 9.64 Å². The number of aromatic nitrogens is 1. The molecule has 3 nitrogen and oxygen atoms in total. The standard InChI is InChI=1S/C16H26N2O/c1-5-13-6-8-18(9-7-13)16-15(19-4)10-14(11-17-16)12(2)3/h10-13H,5-9H2,1-4H3. The van der Waals surface area contributed by atoms with Crippen LogP contribution in [0.1, 0.15) is 51.5 Å². The molecule has 0 unspecified atom stereocenters. The fourth-order valence-corrected chi connectivity index (χ4v) is 2.71. The molecular weight excluding hydrogens is 236 g/mol. The first-order valence-electron chi connectivity index (χ1n) is 7.44. The first-order chi connectivity index (χ1) is 9.15. The molecule has 1 aliphatic heterocycles. The van der Waals surface area contributed by atoms with E-state index in [-0.39, 0.29) is 0 Å². The Morgan fingerprint density at radius 2 is 2.05 bits per heavy atom. The Hall–Kier alpha value is -1.25. The van der Waals surface area contributed by atoms with Crippen molar-refractivity contribution in [3.63, 3.8) is 0 Å². The van der Waals surface area contributed by atoms with Crippen molar-refractivity contribution >= 4 is 5.82 Å². The Morgan fingerprint density at radius 1 is 1.37 bits per heavy atom. The van der Waals surface area contributed by atoms with Gasteiger partial charge in [-0.05, 0) is 36.3 Å². The zero-order valence-electron chi connectivity index (χ0n) is 12.6. The van der Waals surface area contributed by atoms with Crippen LogP contribution in [0.2, 0.25) is 0 Å². The molecule has 2 heterocycles. The Balaban J connectivity index is 2.16. The number of anilines is 1. The lowest BCUT2D eigenvalue weighted by molar-refractivity contribution is 0.382. The summed E-state index contributed by atoms with van der Waals surface area (Å²) >= 11 is 0. The van der Waals surface area contributed by atoms with E-state index in [9.17, 15) is 0 Å². The number of piperidine rings is 1. The molecule has 2 rings (SSSR count). The summed E-state index contributed by atoms with van der Waals surface area (Å²) in [5, 5.41) is 0. The maximum absolute atomic E-state index is 5.54. The average molecular weight is 262 g/mol. The Morgan fingerprint density at radius 3 is 2.58 bits per heavy atom. The maximum atomic E-state index is 5.54. The number of hydrogen-bond acceptors (Lipinski definition) is 3. The molecule has 0 aromatic carbocycles. The monoisotopic (exact) mass is 262 g/mol. The fourth-order valence-electron chi connectivity index (χ4n) is 2.71.